The number of amides is 3. The Morgan fingerprint density at radius 2 is 1.52 bits per heavy atom. The van der Waals surface area contributed by atoms with Crippen LogP contribution in [0.5, 0.6) is 0 Å². The quantitative estimate of drug-likeness (QED) is 0.849. The first kappa shape index (κ1) is 15.5. The maximum absolute atomic E-state index is 12.8. The molecule has 3 rings (SSSR count). The van der Waals surface area contributed by atoms with Gasteiger partial charge in [-0.25, -0.2) is 0 Å². The molecule has 0 aromatic heterocycles. The van der Waals surface area contributed by atoms with E-state index < -0.39 is 5.41 Å². The largest absolute Gasteiger partial charge is 0.339 e. The van der Waals surface area contributed by atoms with E-state index in [9.17, 15) is 14.4 Å². The van der Waals surface area contributed by atoms with E-state index in [1.165, 1.54) is 6.92 Å². The molecule has 3 amide bonds. The van der Waals surface area contributed by atoms with Crippen LogP contribution in [0.3, 0.4) is 0 Å². The van der Waals surface area contributed by atoms with E-state index in [0.717, 1.165) is 0 Å². The molecule has 1 aromatic rings. The molecule has 6 heteroatoms. The second-order valence-corrected chi connectivity index (χ2v) is 6.20. The predicted octanol–water partition coefficient (Wildman–Crippen LogP) is 1.10. The second-order valence-electron chi connectivity index (χ2n) is 6.20. The molecule has 0 unspecified atom stereocenters. The molecule has 6 nitrogen and oxygen atoms in total. The van der Waals surface area contributed by atoms with Crippen LogP contribution in [-0.2, 0) is 14.4 Å². The second kappa shape index (κ2) is 6.02. The molecule has 1 N–H and O–H groups in total. The zero-order valence-corrected chi connectivity index (χ0v) is 13.2. The van der Waals surface area contributed by atoms with Gasteiger partial charge in [0.05, 0.1) is 0 Å². The number of carbonyl (C=O) groups excluding carboxylic acids is 3. The normalized spacial score (nSPS) is 19.2. The lowest BCUT2D eigenvalue weighted by Crippen LogP contribution is -2.53. The van der Waals surface area contributed by atoms with Gasteiger partial charge in [0, 0.05) is 38.8 Å². The van der Waals surface area contributed by atoms with E-state index in [0.29, 0.717) is 44.7 Å². The van der Waals surface area contributed by atoms with Crippen molar-refractivity contribution in [1.82, 2.24) is 9.80 Å². The van der Waals surface area contributed by atoms with Gasteiger partial charge >= 0.3 is 0 Å². The van der Waals surface area contributed by atoms with Gasteiger partial charge in [0.1, 0.15) is 5.41 Å². The summed E-state index contributed by atoms with van der Waals surface area (Å²) in [6, 6.07) is 9.19. The Bertz CT molecular complexity index is 617. The summed E-state index contributed by atoms with van der Waals surface area (Å²) < 4.78 is 0. The van der Waals surface area contributed by atoms with Crippen molar-refractivity contribution >= 4 is 23.4 Å². The van der Waals surface area contributed by atoms with Gasteiger partial charge in [-0.2, -0.15) is 0 Å². The van der Waals surface area contributed by atoms with Gasteiger partial charge in [-0.3, -0.25) is 14.4 Å². The third-order valence-corrected chi connectivity index (χ3v) is 4.64. The van der Waals surface area contributed by atoms with Gasteiger partial charge in [-0.1, -0.05) is 18.2 Å². The number of carbonyl (C=O) groups is 3. The zero-order valence-electron chi connectivity index (χ0n) is 13.2. The van der Waals surface area contributed by atoms with Gasteiger partial charge in [-0.15, -0.1) is 0 Å². The minimum atomic E-state index is -0.908. The van der Waals surface area contributed by atoms with Gasteiger partial charge in [0.2, 0.25) is 17.7 Å². The maximum Gasteiger partial charge on any atom is 0.240 e. The lowest BCUT2D eigenvalue weighted by Gasteiger charge is -2.35. The first-order valence-corrected chi connectivity index (χ1v) is 7.94. The van der Waals surface area contributed by atoms with Gasteiger partial charge < -0.3 is 15.1 Å². The minimum Gasteiger partial charge on any atom is -0.339 e. The van der Waals surface area contributed by atoms with Crippen LogP contribution in [-0.4, -0.2) is 53.7 Å². The van der Waals surface area contributed by atoms with E-state index in [1.54, 1.807) is 9.80 Å². The Kier molecular flexibility index (Phi) is 4.07. The number of para-hydroxylation sites is 1. The fourth-order valence-corrected chi connectivity index (χ4v) is 2.96. The standard InChI is InChI=1S/C17H21N3O3/c1-13(21)19-9-11-20(12-10-19)16(23)17(7-8-17)15(22)18-14-5-3-2-4-6-14/h2-6H,7-12H2,1H3,(H,18,22). The molecule has 2 fully saturated rings. The fourth-order valence-electron chi connectivity index (χ4n) is 2.96. The molecule has 1 saturated carbocycles. The SMILES string of the molecule is CC(=O)N1CCN(C(=O)C2(C(=O)Nc3ccccc3)CC2)CC1. The van der Waals surface area contributed by atoms with Crippen LogP contribution in [0.1, 0.15) is 19.8 Å². The molecule has 1 aliphatic heterocycles. The van der Waals surface area contributed by atoms with Crippen LogP contribution in [0.2, 0.25) is 0 Å². The summed E-state index contributed by atoms with van der Waals surface area (Å²) in [6.07, 6.45) is 1.19. The molecular weight excluding hydrogens is 294 g/mol. The number of anilines is 1. The van der Waals surface area contributed by atoms with E-state index in [2.05, 4.69) is 5.32 Å². The summed E-state index contributed by atoms with van der Waals surface area (Å²) in [5, 5.41) is 2.84. The van der Waals surface area contributed by atoms with Gasteiger partial charge in [0.15, 0.2) is 0 Å². The molecule has 0 bridgehead atoms. The molecule has 2 aliphatic rings. The highest BCUT2D eigenvalue weighted by Gasteiger charge is 2.58. The summed E-state index contributed by atoms with van der Waals surface area (Å²) in [6.45, 7) is 3.61. The smallest absolute Gasteiger partial charge is 0.240 e. The van der Waals surface area contributed by atoms with Crippen LogP contribution in [0.25, 0.3) is 0 Å². The van der Waals surface area contributed by atoms with Crippen molar-refractivity contribution in [1.29, 1.82) is 0 Å². The summed E-state index contributed by atoms with van der Waals surface area (Å²) in [4.78, 5) is 40.1. The minimum absolute atomic E-state index is 0.0278. The van der Waals surface area contributed by atoms with Crippen LogP contribution < -0.4 is 5.32 Å². The third-order valence-electron chi connectivity index (χ3n) is 4.64. The average molecular weight is 315 g/mol. The summed E-state index contributed by atoms with van der Waals surface area (Å²) >= 11 is 0. The average Bonchev–Trinajstić information content (AvgIpc) is 3.37. The molecule has 1 aliphatic carbocycles. The van der Waals surface area contributed by atoms with Crippen LogP contribution >= 0.6 is 0 Å². The zero-order chi connectivity index (χ0) is 16.4. The Morgan fingerprint density at radius 3 is 2.04 bits per heavy atom. The molecule has 0 spiro atoms. The van der Waals surface area contributed by atoms with Crippen LogP contribution in [0, 0.1) is 5.41 Å². The first-order chi connectivity index (χ1) is 11.0. The molecular formula is C17H21N3O3. The predicted molar refractivity (Wildman–Crippen MR) is 85.6 cm³/mol. The van der Waals surface area contributed by atoms with Crippen molar-refractivity contribution in [2.24, 2.45) is 5.41 Å². The molecule has 1 aromatic carbocycles. The lowest BCUT2D eigenvalue weighted by molar-refractivity contribution is -0.146. The monoisotopic (exact) mass is 315 g/mol. The van der Waals surface area contributed by atoms with Crippen molar-refractivity contribution in [3.8, 4) is 0 Å². The number of hydrogen-bond acceptors (Lipinski definition) is 3. The molecule has 0 atom stereocenters. The first-order valence-electron chi connectivity index (χ1n) is 7.94. The Morgan fingerprint density at radius 1 is 0.957 bits per heavy atom. The van der Waals surface area contributed by atoms with E-state index in [4.69, 9.17) is 0 Å². The maximum atomic E-state index is 12.8. The topological polar surface area (TPSA) is 69.7 Å². The molecule has 1 saturated heterocycles. The molecule has 23 heavy (non-hydrogen) atoms. The van der Waals surface area contributed by atoms with Gasteiger partial charge in [-0.05, 0) is 25.0 Å². The summed E-state index contributed by atoms with van der Waals surface area (Å²) in [7, 11) is 0. The number of nitrogens with zero attached hydrogens (tertiary/aromatic N) is 2. The summed E-state index contributed by atoms with van der Waals surface area (Å²) in [5.41, 5.74) is -0.202. The van der Waals surface area contributed by atoms with Gasteiger partial charge in [0.25, 0.3) is 0 Å². The van der Waals surface area contributed by atoms with Crippen LogP contribution in [0.4, 0.5) is 5.69 Å². The molecule has 122 valence electrons. The van der Waals surface area contributed by atoms with Crippen molar-refractivity contribution in [2.75, 3.05) is 31.5 Å². The number of benzene rings is 1. The van der Waals surface area contributed by atoms with Crippen molar-refractivity contribution in [3.05, 3.63) is 30.3 Å². The van der Waals surface area contributed by atoms with E-state index in [-0.39, 0.29) is 17.7 Å². The third kappa shape index (κ3) is 3.06. The number of rotatable bonds is 3. The highest BCUT2D eigenvalue weighted by atomic mass is 16.2. The molecule has 1 heterocycles. The van der Waals surface area contributed by atoms with E-state index in [1.807, 2.05) is 30.3 Å². The van der Waals surface area contributed by atoms with Crippen molar-refractivity contribution in [2.45, 2.75) is 19.8 Å². The Labute approximate surface area is 135 Å². The van der Waals surface area contributed by atoms with Crippen molar-refractivity contribution in [3.63, 3.8) is 0 Å². The lowest BCUT2D eigenvalue weighted by atomic mass is 10.0. The van der Waals surface area contributed by atoms with Crippen LogP contribution in [0.15, 0.2) is 30.3 Å². The van der Waals surface area contributed by atoms with E-state index >= 15 is 0 Å². The Balaban J connectivity index is 1.63. The Hall–Kier alpha value is -2.37. The molecule has 0 radical (unpaired) electrons. The number of hydrogen-bond donors (Lipinski definition) is 1. The van der Waals surface area contributed by atoms with Crippen molar-refractivity contribution < 1.29 is 14.4 Å². The number of nitrogens with one attached hydrogen (secondary N) is 1. The highest BCUT2D eigenvalue weighted by Crippen LogP contribution is 2.48. The number of piperazine rings is 1. The fraction of sp³-hybridized carbons (Fsp3) is 0.471. The summed E-state index contributed by atoms with van der Waals surface area (Å²) in [5.74, 6) is -0.295. The highest BCUT2D eigenvalue weighted by molar-refractivity contribution is 6.13.